The number of benzene rings is 3. The predicted octanol–water partition coefficient (Wildman–Crippen LogP) is 9.12. The Labute approximate surface area is 234 Å². The average molecular weight is 658 g/mol. The standard InChI is InChI=1S/C25H17Br2Cl2NO2S2/c1-13-3-6-18(7-14(13)2)30-24(31)22(34-25(30)33)10-15-8-19(26)23(20(27)9-15)32-12-16-4-5-17(28)11-21(16)29/h3-11H,12H2,1-2H3/b22-10+. The van der Waals surface area contributed by atoms with Crippen molar-refractivity contribution in [2.75, 3.05) is 4.90 Å². The number of carbonyl (C=O) groups is 1. The molecule has 9 heteroatoms. The molecular formula is C25H17Br2Cl2NO2S2. The molecule has 3 aromatic rings. The third kappa shape index (κ3) is 5.55. The molecule has 4 rings (SSSR count). The Morgan fingerprint density at radius 2 is 1.74 bits per heavy atom. The highest BCUT2D eigenvalue weighted by Crippen LogP contribution is 2.40. The zero-order valence-corrected chi connectivity index (χ0v) is 24.3. The van der Waals surface area contributed by atoms with Crippen LogP contribution in [0.25, 0.3) is 6.08 Å². The van der Waals surface area contributed by atoms with Gasteiger partial charge >= 0.3 is 0 Å². The summed E-state index contributed by atoms with van der Waals surface area (Å²) in [4.78, 5) is 15.3. The highest BCUT2D eigenvalue weighted by molar-refractivity contribution is 9.11. The van der Waals surface area contributed by atoms with E-state index in [0.29, 0.717) is 25.0 Å². The summed E-state index contributed by atoms with van der Waals surface area (Å²) >= 11 is 26.2. The van der Waals surface area contributed by atoms with Crippen molar-refractivity contribution in [3.05, 3.63) is 94.7 Å². The molecule has 0 N–H and O–H groups in total. The van der Waals surface area contributed by atoms with Crippen LogP contribution in [0.4, 0.5) is 5.69 Å². The molecule has 0 aromatic heterocycles. The quantitative estimate of drug-likeness (QED) is 0.202. The highest BCUT2D eigenvalue weighted by Gasteiger charge is 2.33. The number of thiocarbonyl (C=S) groups is 1. The van der Waals surface area contributed by atoms with E-state index in [1.54, 1.807) is 17.0 Å². The fourth-order valence-corrected chi connectivity index (χ4v) is 6.51. The van der Waals surface area contributed by atoms with Gasteiger partial charge in [0.2, 0.25) is 0 Å². The lowest BCUT2D eigenvalue weighted by Crippen LogP contribution is -2.27. The Hall–Kier alpha value is -1.35. The molecule has 3 nitrogen and oxygen atoms in total. The van der Waals surface area contributed by atoms with Gasteiger partial charge in [0.15, 0.2) is 4.32 Å². The summed E-state index contributed by atoms with van der Waals surface area (Å²) in [6.45, 7) is 4.34. The van der Waals surface area contributed by atoms with E-state index in [1.165, 1.54) is 17.3 Å². The molecule has 1 amide bonds. The Kier molecular flexibility index (Phi) is 8.12. The molecule has 0 unspecified atom stereocenters. The normalized spacial score (nSPS) is 14.9. The number of hydrogen-bond acceptors (Lipinski definition) is 4. The lowest BCUT2D eigenvalue weighted by Gasteiger charge is -2.16. The van der Waals surface area contributed by atoms with Crippen LogP contribution in [0, 0.1) is 13.8 Å². The summed E-state index contributed by atoms with van der Waals surface area (Å²) in [5.41, 5.74) is 4.71. The van der Waals surface area contributed by atoms with Crippen molar-refractivity contribution in [1.82, 2.24) is 0 Å². The van der Waals surface area contributed by atoms with Gasteiger partial charge in [0.05, 0.1) is 19.5 Å². The fourth-order valence-electron chi connectivity index (χ4n) is 3.30. The molecule has 1 fully saturated rings. The SMILES string of the molecule is Cc1ccc(N2C(=O)/C(=C\c3cc(Br)c(OCc4ccc(Cl)cc4Cl)c(Br)c3)SC2=S)cc1C. The van der Waals surface area contributed by atoms with Crippen molar-refractivity contribution in [3.8, 4) is 5.75 Å². The molecule has 0 spiro atoms. The van der Waals surface area contributed by atoms with Gasteiger partial charge in [0.25, 0.3) is 5.91 Å². The smallest absolute Gasteiger partial charge is 0.270 e. The summed E-state index contributed by atoms with van der Waals surface area (Å²) in [7, 11) is 0. The van der Waals surface area contributed by atoms with Gasteiger partial charge in [-0.2, -0.15) is 0 Å². The minimum atomic E-state index is -0.136. The number of amides is 1. The van der Waals surface area contributed by atoms with Crippen LogP contribution in [-0.2, 0) is 11.4 Å². The van der Waals surface area contributed by atoms with Gasteiger partial charge in [-0.15, -0.1) is 0 Å². The van der Waals surface area contributed by atoms with Crippen LogP contribution < -0.4 is 9.64 Å². The van der Waals surface area contributed by atoms with Crippen LogP contribution in [0.1, 0.15) is 22.3 Å². The van der Waals surface area contributed by atoms with E-state index >= 15 is 0 Å². The first-order valence-electron chi connectivity index (χ1n) is 10.0. The minimum absolute atomic E-state index is 0.136. The number of hydrogen-bond donors (Lipinski definition) is 0. The number of aryl methyl sites for hydroxylation is 2. The summed E-state index contributed by atoms with van der Waals surface area (Å²) in [5.74, 6) is 0.494. The lowest BCUT2D eigenvalue weighted by atomic mass is 10.1. The first kappa shape index (κ1) is 25.7. The molecule has 0 aliphatic carbocycles. The maximum absolute atomic E-state index is 13.1. The van der Waals surface area contributed by atoms with Gasteiger partial charge in [-0.05, 0) is 105 Å². The molecule has 0 atom stereocenters. The van der Waals surface area contributed by atoms with Crippen molar-refractivity contribution in [3.63, 3.8) is 0 Å². The Balaban J connectivity index is 1.55. The van der Waals surface area contributed by atoms with Gasteiger partial charge < -0.3 is 4.74 Å². The van der Waals surface area contributed by atoms with Gasteiger partial charge in [-0.1, -0.05) is 59.3 Å². The van der Waals surface area contributed by atoms with Crippen molar-refractivity contribution in [2.24, 2.45) is 0 Å². The largest absolute Gasteiger partial charge is 0.486 e. The topological polar surface area (TPSA) is 29.5 Å². The van der Waals surface area contributed by atoms with Crippen LogP contribution in [0.3, 0.4) is 0 Å². The molecule has 34 heavy (non-hydrogen) atoms. The van der Waals surface area contributed by atoms with Crippen molar-refractivity contribution < 1.29 is 9.53 Å². The molecule has 0 radical (unpaired) electrons. The van der Waals surface area contributed by atoms with Gasteiger partial charge in [0.1, 0.15) is 12.4 Å². The second kappa shape index (κ2) is 10.7. The van der Waals surface area contributed by atoms with Crippen LogP contribution >= 0.6 is 79.0 Å². The number of halogens is 4. The van der Waals surface area contributed by atoms with Gasteiger partial charge in [0, 0.05) is 15.6 Å². The number of ether oxygens (including phenoxy) is 1. The molecule has 0 saturated carbocycles. The number of nitrogens with zero attached hydrogens (tertiary/aromatic N) is 1. The molecule has 1 aliphatic heterocycles. The van der Waals surface area contributed by atoms with E-state index in [4.69, 9.17) is 40.2 Å². The Morgan fingerprint density at radius 1 is 1.03 bits per heavy atom. The highest BCUT2D eigenvalue weighted by atomic mass is 79.9. The summed E-state index contributed by atoms with van der Waals surface area (Å²) < 4.78 is 7.98. The Morgan fingerprint density at radius 3 is 2.38 bits per heavy atom. The lowest BCUT2D eigenvalue weighted by molar-refractivity contribution is -0.113. The van der Waals surface area contributed by atoms with Crippen molar-refractivity contribution >= 4 is 101 Å². The second-order valence-electron chi connectivity index (χ2n) is 7.62. The van der Waals surface area contributed by atoms with Crippen molar-refractivity contribution in [2.45, 2.75) is 20.5 Å². The van der Waals surface area contributed by atoms with E-state index in [2.05, 4.69) is 31.9 Å². The minimum Gasteiger partial charge on any atom is -0.486 e. The summed E-state index contributed by atoms with van der Waals surface area (Å²) in [5, 5.41) is 1.12. The zero-order valence-electron chi connectivity index (χ0n) is 18.0. The van der Waals surface area contributed by atoms with Gasteiger partial charge in [-0.3, -0.25) is 9.69 Å². The first-order chi connectivity index (χ1) is 16.1. The first-order valence-corrected chi connectivity index (χ1v) is 13.6. The van der Waals surface area contributed by atoms with E-state index < -0.39 is 0 Å². The van der Waals surface area contributed by atoms with Crippen LogP contribution in [-0.4, -0.2) is 10.2 Å². The zero-order chi connectivity index (χ0) is 24.6. The summed E-state index contributed by atoms with van der Waals surface area (Å²) in [6, 6.07) is 15.0. The van der Waals surface area contributed by atoms with Crippen LogP contribution in [0.5, 0.6) is 5.75 Å². The molecule has 1 heterocycles. The molecule has 1 saturated heterocycles. The van der Waals surface area contributed by atoms with E-state index in [9.17, 15) is 4.79 Å². The number of carbonyl (C=O) groups excluding carboxylic acids is 1. The maximum atomic E-state index is 13.1. The van der Waals surface area contributed by atoms with Crippen LogP contribution in [0.2, 0.25) is 10.0 Å². The van der Waals surface area contributed by atoms with Crippen LogP contribution in [0.15, 0.2) is 62.4 Å². The third-order valence-corrected chi connectivity index (χ3v) is 8.32. The number of thioether (sulfide) groups is 1. The number of anilines is 1. The van der Waals surface area contributed by atoms with E-state index in [1.807, 2.05) is 56.3 Å². The maximum Gasteiger partial charge on any atom is 0.270 e. The predicted molar refractivity (Wildman–Crippen MR) is 154 cm³/mol. The average Bonchev–Trinajstić information content (AvgIpc) is 3.03. The molecule has 3 aromatic carbocycles. The fraction of sp³-hybridized carbons (Fsp3) is 0.120. The summed E-state index contributed by atoms with van der Waals surface area (Å²) in [6.07, 6.45) is 1.83. The Bertz CT molecular complexity index is 1340. The molecule has 174 valence electrons. The van der Waals surface area contributed by atoms with E-state index in [0.717, 1.165) is 31.3 Å². The third-order valence-electron chi connectivity index (χ3n) is 5.25. The van der Waals surface area contributed by atoms with Crippen molar-refractivity contribution in [1.29, 1.82) is 0 Å². The molecule has 1 aliphatic rings. The monoisotopic (exact) mass is 655 g/mol. The van der Waals surface area contributed by atoms with E-state index in [-0.39, 0.29) is 12.5 Å². The molecular weight excluding hydrogens is 641 g/mol. The van der Waals surface area contributed by atoms with Gasteiger partial charge in [-0.25, -0.2) is 0 Å². The number of rotatable bonds is 5. The molecule has 0 bridgehead atoms. The second-order valence-corrected chi connectivity index (χ2v) is 11.9.